The zero-order valence-electron chi connectivity index (χ0n) is 14.8. The van der Waals surface area contributed by atoms with Crippen LogP contribution < -0.4 is 0 Å². The van der Waals surface area contributed by atoms with Crippen LogP contribution in [0.2, 0.25) is 0 Å². The number of ether oxygens (including phenoxy) is 1. The van der Waals surface area contributed by atoms with Gasteiger partial charge in [0.2, 0.25) is 5.91 Å². The molecule has 0 spiro atoms. The minimum absolute atomic E-state index is 0.0346. The summed E-state index contributed by atoms with van der Waals surface area (Å²) < 4.78 is 18.5. The Kier molecular flexibility index (Phi) is 6.73. The van der Waals surface area contributed by atoms with Crippen molar-refractivity contribution in [2.45, 2.75) is 39.0 Å². The highest BCUT2D eigenvalue weighted by molar-refractivity contribution is 5.81. The van der Waals surface area contributed by atoms with Crippen molar-refractivity contribution in [3.8, 4) is 0 Å². The van der Waals surface area contributed by atoms with E-state index in [2.05, 4.69) is 6.58 Å². The predicted octanol–water partition coefficient (Wildman–Crippen LogP) is 3.51. The Labute approximate surface area is 148 Å². The monoisotopic (exact) mass is 347 g/mol. The van der Waals surface area contributed by atoms with Crippen molar-refractivity contribution < 1.29 is 18.7 Å². The first-order valence-corrected chi connectivity index (χ1v) is 8.81. The number of amides is 1. The fourth-order valence-electron chi connectivity index (χ4n) is 3.39. The number of allylic oxidation sites excluding steroid dienone is 1. The normalized spacial score (nSPS) is 20.2. The molecule has 0 unspecified atom stereocenters. The Hall–Kier alpha value is -2.17. The molecule has 0 bridgehead atoms. The molecule has 1 saturated heterocycles. The molecule has 5 heteroatoms. The summed E-state index contributed by atoms with van der Waals surface area (Å²) in [5.74, 6) is -0.549. The second kappa shape index (κ2) is 8.79. The molecule has 0 radical (unpaired) electrons. The number of piperidine rings is 1. The van der Waals surface area contributed by atoms with Crippen LogP contribution in [-0.2, 0) is 20.7 Å². The predicted molar refractivity (Wildman–Crippen MR) is 94.4 cm³/mol. The standard InChI is InChI=1S/C20H26FNO3/c1-3-5-7-18(23)22-13-6-12-20(15-22,19(24)25-4-2)14-16-8-10-17(21)11-9-16/h3,8-11H,1,4-7,12-15H2,2H3/t20-/m1/s1. The third kappa shape index (κ3) is 4.91. The minimum atomic E-state index is -0.768. The molecule has 1 aromatic rings. The van der Waals surface area contributed by atoms with E-state index in [1.54, 1.807) is 30.0 Å². The van der Waals surface area contributed by atoms with Gasteiger partial charge in [0.1, 0.15) is 5.82 Å². The van der Waals surface area contributed by atoms with Gasteiger partial charge in [0.15, 0.2) is 0 Å². The fourth-order valence-corrected chi connectivity index (χ4v) is 3.39. The summed E-state index contributed by atoms with van der Waals surface area (Å²) in [6.45, 7) is 6.72. The highest BCUT2D eigenvalue weighted by Gasteiger charge is 2.44. The van der Waals surface area contributed by atoms with Gasteiger partial charge in [0, 0.05) is 19.5 Å². The van der Waals surface area contributed by atoms with Gasteiger partial charge in [-0.1, -0.05) is 18.2 Å². The van der Waals surface area contributed by atoms with E-state index in [0.29, 0.717) is 45.4 Å². The molecule has 1 aliphatic heterocycles. The summed E-state index contributed by atoms with van der Waals surface area (Å²) in [5, 5.41) is 0. The first-order chi connectivity index (χ1) is 12.0. The topological polar surface area (TPSA) is 46.6 Å². The van der Waals surface area contributed by atoms with E-state index >= 15 is 0 Å². The van der Waals surface area contributed by atoms with Crippen LogP contribution in [0.25, 0.3) is 0 Å². The van der Waals surface area contributed by atoms with E-state index in [-0.39, 0.29) is 17.7 Å². The molecule has 0 aliphatic carbocycles. The fraction of sp³-hybridized carbons (Fsp3) is 0.500. The van der Waals surface area contributed by atoms with Crippen molar-refractivity contribution in [1.82, 2.24) is 4.90 Å². The minimum Gasteiger partial charge on any atom is -0.466 e. The number of likely N-dealkylation sites (tertiary alicyclic amines) is 1. The molecule has 1 heterocycles. The Morgan fingerprint density at radius 2 is 2.08 bits per heavy atom. The van der Waals surface area contributed by atoms with Gasteiger partial charge in [0.25, 0.3) is 0 Å². The molecule has 1 fully saturated rings. The number of hydrogen-bond donors (Lipinski definition) is 0. The van der Waals surface area contributed by atoms with Crippen LogP contribution in [0.5, 0.6) is 0 Å². The number of carbonyl (C=O) groups excluding carboxylic acids is 2. The van der Waals surface area contributed by atoms with Crippen LogP contribution in [0.15, 0.2) is 36.9 Å². The van der Waals surface area contributed by atoms with E-state index in [0.717, 1.165) is 12.0 Å². The van der Waals surface area contributed by atoms with Crippen molar-refractivity contribution in [2.75, 3.05) is 19.7 Å². The zero-order valence-corrected chi connectivity index (χ0v) is 14.8. The van der Waals surface area contributed by atoms with Gasteiger partial charge in [-0.05, 0) is 50.3 Å². The first kappa shape index (κ1) is 19.2. The SMILES string of the molecule is C=CCCC(=O)N1CCC[C@](Cc2ccc(F)cc2)(C(=O)OCC)C1. The summed E-state index contributed by atoms with van der Waals surface area (Å²) in [4.78, 5) is 26.9. The van der Waals surface area contributed by atoms with E-state index in [1.165, 1.54) is 12.1 Å². The van der Waals surface area contributed by atoms with Crippen LogP contribution >= 0.6 is 0 Å². The number of esters is 1. The van der Waals surface area contributed by atoms with Gasteiger partial charge in [0.05, 0.1) is 12.0 Å². The van der Waals surface area contributed by atoms with Crippen LogP contribution in [0.1, 0.15) is 38.2 Å². The Bertz CT molecular complexity index is 614. The maximum absolute atomic E-state index is 13.2. The first-order valence-electron chi connectivity index (χ1n) is 8.81. The highest BCUT2D eigenvalue weighted by Crippen LogP contribution is 2.35. The average molecular weight is 347 g/mol. The third-order valence-corrected chi connectivity index (χ3v) is 4.66. The summed E-state index contributed by atoms with van der Waals surface area (Å²) in [7, 11) is 0. The summed E-state index contributed by atoms with van der Waals surface area (Å²) >= 11 is 0. The van der Waals surface area contributed by atoms with E-state index < -0.39 is 5.41 Å². The maximum Gasteiger partial charge on any atom is 0.314 e. The van der Waals surface area contributed by atoms with Crippen molar-refractivity contribution in [3.05, 3.63) is 48.3 Å². The number of nitrogens with zero attached hydrogens (tertiary/aromatic N) is 1. The molecule has 4 nitrogen and oxygen atoms in total. The number of carbonyl (C=O) groups is 2. The molecule has 1 aliphatic rings. The van der Waals surface area contributed by atoms with E-state index in [1.807, 2.05) is 0 Å². The second-order valence-electron chi connectivity index (χ2n) is 6.55. The molecule has 0 N–H and O–H groups in total. The van der Waals surface area contributed by atoms with Gasteiger partial charge in [-0.25, -0.2) is 4.39 Å². The van der Waals surface area contributed by atoms with Crippen LogP contribution in [0.3, 0.4) is 0 Å². The van der Waals surface area contributed by atoms with E-state index in [4.69, 9.17) is 4.74 Å². The lowest BCUT2D eigenvalue weighted by molar-refractivity contribution is -0.160. The Morgan fingerprint density at radius 1 is 1.36 bits per heavy atom. The van der Waals surface area contributed by atoms with Gasteiger partial charge < -0.3 is 9.64 Å². The molecule has 2 rings (SSSR count). The molecule has 136 valence electrons. The van der Waals surface area contributed by atoms with Gasteiger partial charge >= 0.3 is 5.97 Å². The quantitative estimate of drug-likeness (QED) is 0.560. The number of hydrogen-bond acceptors (Lipinski definition) is 3. The van der Waals surface area contributed by atoms with Crippen molar-refractivity contribution in [3.63, 3.8) is 0 Å². The third-order valence-electron chi connectivity index (χ3n) is 4.66. The molecule has 1 atom stereocenters. The molecule has 25 heavy (non-hydrogen) atoms. The lowest BCUT2D eigenvalue weighted by atomic mass is 9.75. The highest BCUT2D eigenvalue weighted by atomic mass is 19.1. The van der Waals surface area contributed by atoms with Gasteiger partial charge in [-0.15, -0.1) is 6.58 Å². The van der Waals surface area contributed by atoms with E-state index in [9.17, 15) is 14.0 Å². The number of benzene rings is 1. The summed E-state index contributed by atoms with van der Waals surface area (Å²) in [6.07, 6.45) is 4.60. The molecular formula is C20H26FNO3. The molecule has 0 aromatic heterocycles. The average Bonchev–Trinajstić information content (AvgIpc) is 2.62. The Morgan fingerprint density at radius 3 is 2.72 bits per heavy atom. The zero-order chi connectivity index (χ0) is 18.3. The Balaban J connectivity index is 2.21. The number of rotatable bonds is 7. The molecule has 0 saturated carbocycles. The van der Waals surface area contributed by atoms with Crippen molar-refractivity contribution in [1.29, 1.82) is 0 Å². The van der Waals surface area contributed by atoms with Crippen LogP contribution in [-0.4, -0.2) is 36.5 Å². The molecular weight excluding hydrogens is 321 g/mol. The van der Waals surface area contributed by atoms with Crippen molar-refractivity contribution in [2.24, 2.45) is 5.41 Å². The smallest absolute Gasteiger partial charge is 0.314 e. The van der Waals surface area contributed by atoms with Crippen LogP contribution in [0, 0.1) is 11.2 Å². The lowest BCUT2D eigenvalue weighted by Crippen LogP contribution is -2.51. The second-order valence-corrected chi connectivity index (χ2v) is 6.55. The maximum atomic E-state index is 13.2. The lowest BCUT2D eigenvalue weighted by Gasteiger charge is -2.41. The van der Waals surface area contributed by atoms with Crippen LogP contribution in [0.4, 0.5) is 4.39 Å². The van der Waals surface area contributed by atoms with Gasteiger partial charge in [-0.2, -0.15) is 0 Å². The summed E-state index contributed by atoms with van der Waals surface area (Å²) in [6, 6.07) is 6.16. The summed E-state index contributed by atoms with van der Waals surface area (Å²) in [5.41, 5.74) is 0.102. The molecule has 1 aromatic carbocycles. The molecule has 1 amide bonds. The van der Waals surface area contributed by atoms with Gasteiger partial charge in [-0.3, -0.25) is 9.59 Å². The largest absolute Gasteiger partial charge is 0.466 e. The number of halogens is 1. The van der Waals surface area contributed by atoms with Crippen molar-refractivity contribution >= 4 is 11.9 Å².